The fourth-order valence-corrected chi connectivity index (χ4v) is 3.54. The van der Waals surface area contributed by atoms with E-state index < -0.39 is 9.84 Å². The minimum atomic E-state index is -3.01. The Morgan fingerprint density at radius 2 is 2.06 bits per heavy atom. The Morgan fingerprint density at radius 1 is 1.29 bits per heavy atom. The average molecular weight is 257 g/mol. The number of amides is 1. The summed E-state index contributed by atoms with van der Waals surface area (Å²) in [5.41, 5.74) is 0. The molecule has 0 aromatic carbocycles. The number of carbonyl (C=O) groups is 1. The predicted octanol–water partition coefficient (Wildman–Crippen LogP) is 0.988. The van der Waals surface area contributed by atoms with E-state index >= 15 is 0 Å². The number of carbonyl (C=O) groups excluding carboxylic acids is 1. The van der Waals surface area contributed by atoms with Gasteiger partial charge in [-0.3, -0.25) is 4.79 Å². The van der Waals surface area contributed by atoms with Gasteiger partial charge in [0.2, 0.25) is 5.91 Å². The molecule has 1 aliphatic heterocycles. The maximum Gasteiger partial charge on any atom is 0.226 e. The molecule has 1 fully saturated rings. The van der Waals surface area contributed by atoms with Gasteiger partial charge in [-0.2, -0.15) is 0 Å². The van der Waals surface area contributed by atoms with Crippen molar-refractivity contribution in [1.29, 1.82) is 0 Å². The van der Waals surface area contributed by atoms with Gasteiger partial charge in [-0.25, -0.2) is 8.42 Å². The monoisotopic (exact) mass is 257 g/mol. The van der Waals surface area contributed by atoms with Crippen molar-refractivity contribution in [2.75, 3.05) is 19.3 Å². The molecule has 0 spiro atoms. The number of likely N-dealkylation sites (tertiary alicyclic amines) is 1. The van der Waals surface area contributed by atoms with Crippen molar-refractivity contribution >= 4 is 15.7 Å². The van der Waals surface area contributed by atoms with Crippen LogP contribution in [0.2, 0.25) is 0 Å². The summed E-state index contributed by atoms with van der Waals surface area (Å²) >= 11 is 0. The Morgan fingerprint density at radius 3 is 2.59 bits per heavy atom. The summed E-state index contributed by atoms with van der Waals surface area (Å²) in [6.45, 7) is 0.981. The summed E-state index contributed by atoms with van der Waals surface area (Å²) in [7, 11) is -3.01. The average Bonchev–Trinajstić information content (AvgIpc) is 2.78. The van der Waals surface area contributed by atoms with Crippen molar-refractivity contribution in [1.82, 2.24) is 4.90 Å². The second-order valence-electron chi connectivity index (χ2n) is 5.01. The van der Waals surface area contributed by atoms with E-state index in [0.29, 0.717) is 19.5 Å². The second-order valence-corrected chi connectivity index (χ2v) is 7.33. The smallest absolute Gasteiger partial charge is 0.226 e. The predicted molar refractivity (Wildman–Crippen MR) is 66.3 cm³/mol. The lowest BCUT2D eigenvalue weighted by Crippen LogP contribution is -2.36. The van der Waals surface area contributed by atoms with E-state index in [1.165, 1.54) is 6.26 Å². The van der Waals surface area contributed by atoms with Crippen molar-refractivity contribution in [2.45, 2.75) is 30.9 Å². The fourth-order valence-electron chi connectivity index (χ4n) is 2.55. The molecule has 0 saturated carbocycles. The van der Waals surface area contributed by atoms with Gasteiger partial charge in [0.05, 0.1) is 5.25 Å². The number of allylic oxidation sites excluding steroid dienone is 2. The third-order valence-corrected chi connectivity index (χ3v) is 5.28. The molecule has 2 aliphatic rings. The van der Waals surface area contributed by atoms with E-state index in [1.54, 1.807) is 4.90 Å². The van der Waals surface area contributed by atoms with E-state index in [4.69, 9.17) is 0 Å². The highest BCUT2D eigenvalue weighted by atomic mass is 32.2. The van der Waals surface area contributed by atoms with E-state index in [2.05, 4.69) is 12.2 Å². The highest BCUT2D eigenvalue weighted by Crippen LogP contribution is 2.24. The molecule has 5 heteroatoms. The minimum absolute atomic E-state index is 0.0679. The number of sulfone groups is 1. The summed E-state index contributed by atoms with van der Waals surface area (Å²) < 4.78 is 22.9. The molecule has 96 valence electrons. The van der Waals surface area contributed by atoms with Crippen molar-refractivity contribution in [3.8, 4) is 0 Å². The molecule has 2 atom stereocenters. The Hall–Kier alpha value is -0.840. The van der Waals surface area contributed by atoms with Gasteiger partial charge in [0, 0.05) is 25.3 Å². The second kappa shape index (κ2) is 4.80. The lowest BCUT2D eigenvalue weighted by molar-refractivity contribution is -0.134. The summed E-state index contributed by atoms with van der Waals surface area (Å²) in [5, 5.41) is -0.356. The van der Waals surface area contributed by atoms with Crippen LogP contribution >= 0.6 is 0 Å². The van der Waals surface area contributed by atoms with E-state index in [0.717, 1.165) is 19.3 Å². The van der Waals surface area contributed by atoms with Crippen molar-refractivity contribution < 1.29 is 13.2 Å². The van der Waals surface area contributed by atoms with Crippen LogP contribution in [0.15, 0.2) is 12.2 Å². The normalized spacial score (nSPS) is 29.6. The van der Waals surface area contributed by atoms with Crippen LogP contribution in [-0.2, 0) is 14.6 Å². The topological polar surface area (TPSA) is 54.5 Å². The van der Waals surface area contributed by atoms with Crippen LogP contribution in [0.4, 0.5) is 0 Å². The van der Waals surface area contributed by atoms with Gasteiger partial charge in [-0.15, -0.1) is 0 Å². The first-order valence-corrected chi connectivity index (χ1v) is 8.06. The standard InChI is InChI=1S/C12H19NO3S/c1-17(15,16)11-7-8-13(9-11)12(14)10-5-3-2-4-6-10/h2-3,10-11H,4-9H2,1H3. The van der Waals surface area contributed by atoms with Gasteiger partial charge in [-0.05, 0) is 25.7 Å². The molecule has 1 amide bonds. The third kappa shape index (κ3) is 2.89. The summed E-state index contributed by atoms with van der Waals surface area (Å²) in [4.78, 5) is 13.9. The van der Waals surface area contributed by atoms with Gasteiger partial charge in [-0.1, -0.05) is 12.2 Å². The largest absolute Gasteiger partial charge is 0.341 e. The molecule has 0 bridgehead atoms. The number of hydrogen-bond acceptors (Lipinski definition) is 3. The Kier molecular flexibility index (Phi) is 3.56. The highest BCUT2D eigenvalue weighted by Gasteiger charge is 2.34. The molecule has 17 heavy (non-hydrogen) atoms. The zero-order valence-corrected chi connectivity index (χ0v) is 10.9. The summed E-state index contributed by atoms with van der Waals surface area (Å²) in [6, 6.07) is 0. The molecule has 2 unspecified atom stereocenters. The number of hydrogen-bond donors (Lipinski definition) is 0. The van der Waals surface area contributed by atoms with Crippen LogP contribution in [-0.4, -0.2) is 43.8 Å². The maximum absolute atomic E-state index is 12.2. The van der Waals surface area contributed by atoms with Crippen molar-refractivity contribution in [3.05, 3.63) is 12.2 Å². The number of rotatable bonds is 2. The molecular weight excluding hydrogens is 238 g/mol. The van der Waals surface area contributed by atoms with Crippen molar-refractivity contribution in [3.63, 3.8) is 0 Å². The zero-order chi connectivity index (χ0) is 12.5. The first kappa shape index (κ1) is 12.6. The first-order valence-electron chi connectivity index (χ1n) is 6.11. The molecule has 0 N–H and O–H groups in total. The Bertz CT molecular complexity index is 427. The molecule has 1 aliphatic carbocycles. The molecule has 1 saturated heterocycles. The third-order valence-electron chi connectivity index (χ3n) is 3.68. The van der Waals surface area contributed by atoms with Crippen LogP contribution in [0.3, 0.4) is 0 Å². The molecule has 2 rings (SSSR count). The van der Waals surface area contributed by atoms with Gasteiger partial charge < -0.3 is 4.90 Å². The maximum atomic E-state index is 12.2. The molecule has 0 aromatic heterocycles. The SMILES string of the molecule is CS(=O)(=O)C1CCN(C(=O)C2CC=CCC2)C1. The van der Waals surface area contributed by atoms with E-state index in [1.807, 2.05) is 0 Å². The van der Waals surface area contributed by atoms with Crippen LogP contribution in [0.5, 0.6) is 0 Å². The van der Waals surface area contributed by atoms with Gasteiger partial charge in [0.15, 0.2) is 9.84 Å². The van der Waals surface area contributed by atoms with E-state index in [9.17, 15) is 13.2 Å². The van der Waals surface area contributed by atoms with E-state index in [-0.39, 0.29) is 17.1 Å². The zero-order valence-electron chi connectivity index (χ0n) is 10.1. The first-order chi connectivity index (χ1) is 7.98. The molecule has 4 nitrogen and oxygen atoms in total. The number of nitrogens with zero attached hydrogens (tertiary/aromatic N) is 1. The van der Waals surface area contributed by atoms with Gasteiger partial charge in [0.1, 0.15) is 0 Å². The van der Waals surface area contributed by atoms with Crippen LogP contribution in [0.25, 0.3) is 0 Å². The van der Waals surface area contributed by atoms with Gasteiger partial charge >= 0.3 is 0 Å². The van der Waals surface area contributed by atoms with Crippen LogP contribution in [0.1, 0.15) is 25.7 Å². The Balaban J connectivity index is 1.96. The van der Waals surface area contributed by atoms with Crippen LogP contribution in [0, 0.1) is 5.92 Å². The minimum Gasteiger partial charge on any atom is -0.341 e. The molecule has 1 heterocycles. The van der Waals surface area contributed by atoms with Crippen molar-refractivity contribution in [2.24, 2.45) is 5.92 Å². The fraction of sp³-hybridized carbons (Fsp3) is 0.750. The quantitative estimate of drug-likeness (QED) is 0.693. The summed E-state index contributed by atoms with van der Waals surface area (Å²) in [5.74, 6) is 0.207. The molecule has 0 radical (unpaired) electrons. The lowest BCUT2D eigenvalue weighted by Gasteiger charge is -2.24. The highest BCUT2D eigenvalue weighted by molar-refractivity contribution is 7.91. The van der Waals surface area contributed by atoms with Crippen LogP contribution < -0.4 is 0 Å². The van der Waals surface area contributed by atoms with Gasteiger partial charge in [0.25, 0.3) is 0 Å². The Labute approximate surface area is 103 Å². The lowest BCUT2D eigenvalue weighted by atomic mass is 9.93. The molecule has 0 aromatic rings. The summed E-state index contributed by atoms with van der Waals surface area (Å²) in [6.07, 6.45) is 8.67. The molecular formula is C12H19NO3S.